The van der Waals surface area contributed by atoms with Gasteiger partial charge in [0.2, 0.25) is 5.91 Å². The molecule has 0 aromatic heterocycles. The predicted octanol–water partition coefficient (Wildman–Crippen LogP) is -0.421. The molecule has 0 aromatic rings. The highest BCUT2D eigenvalue weighted by Crippen LogP contribution is 2.28. The van der Waals surface area contributed by atoms with Gasteiger partial charge in [-0.15, -0.1) is 0 Å². The summed E-state index contributed by atoms with van der Waals surface area (Å²) in [6.07, 6.45) is 1.98. The van der Waals surface area contributed by atoms with Crippen molar-refractivity contribution >= 4 is 5.91 Å². The van der Waals surface area contributed by atoms with Gasteiger partial charge in [0.1, 0.15) is 0 Å². The minimum Gasteiger partial charge on any atom is -0.394 e. The van der Waals surface area contributed by atoms with Crippen LogP contribution in [0.5, 0.6) is 0 Å². The molecular formula is C10H18N2O2. The van der Waals surface area contributed by atoms with Crippen LogP contribution in [-0.2, 0) is 4.79 Å². The van der Waals surface area contributed by atoms with E-state index in [1.54, 1.807) is 0 Å². The Balaban J connectivity index is 2.03. The van der Waals surface area contributed by atoms with Crippen molar-refractivity contribution in [2.75, 3.05) is 26.2 Å². The molecule has 0 aliphatic carbocycles. The molecule has 0 radical (unpaired) electrons. The van der Waals surface area contributed by atoms with E-state index < -0.39 is 0 Å². The first kappa shape index (κ1) is 9.93. The molecule has 2 fully saturated rings. The summed E-state index contributed by atoms with van der Waals surface area (Å²) < 4.78 is 0. The van der Waals surface area contributed by atoms with E-state index in [-0.39, 0.29) is 24.0 Å². The maximum absolute atomic E-state index is 12.1. The first-order chi connectivity index (χ1) is 6.67. The van der Waals surface area contributed by atoms with E-state index in [0.717, 1.165) is 32.5 Å². The first-order valence-corrected chi connectivity index (χ1v) is 5.30. The van der Waals surface area contributed by atoms with Crippen molar-refractivity contribution < 1.29 is 9.90 Å². The number of aliphatic hydroxyl groups is 1. The second-order valence-electron chi connectivity index (χ2n) is 4.64. The van der Waals surface area contributed by atoms with Crippen molar-refractivity contribution in [2.24, 2.45) is 5.41 Å². The van der Waals surface area contributed by atoms with E-state index in [9.17, 15) is 4.79 Å². The highest BCUT2D eigenvalue weighted by molar-refractivity contribution is 5.84. The van der Waals surface area contributed by atoms with Gasteiger partial charge in [0.05, 0.1) is 18.1 Å². The highest BCUT2D eigenvalue weighted by atomic mass is 16.3. The van der Waals surface area contributed by atoms with E-state index >= 15 is 0 Å². The third kappa shape index (κ3) is 1.42. The third-order valence-corrected chi connectivity index (χ3v) is 3.40. The van der Waals surface area contributed by atoms with E-state index in [0.29, 0.717) is 0 Å². The molecule has 0 saturated carbocycles. The smallest absolute Gasteiger partial charge is 0.231 e. The number of hydrogen-bond donors (Lipinski definition) is 2. The van der Waals surface area contributed by atoms with E-state index in [1.165, 1.54) is 0 Å². The van der Waals surface area contributed by atoms with Crippen molar-refractivity contribution in [3.8, 4) is 0 Å². The molecule has 2 N–H and O–H groups in total. The van der Waals surface area contributed by atoms with Crippen LogP contribution in [0.1, 0.15) is 19.8 Å². The Morgan fingerprint density at radius 2 is 2.36 bits per heavy atom. The lowest BCUT2D eigenvalue weighted by Crippen LogP contribution is -2.61. The summed E-state index contributed by atoms with van der Waals surface area (Å²) in [6, 6.07) is 0.0694. The average molecular weight is 198 g/mol. The van der Waals surface area contributed by atoms with Crippen LogP contribution in [0, 0.1) is 5.41 Å². The van der Waals surface area contributed by atoms with Gasteiger partial charge in [0.15, 0.2) is 0 Å². The Morgan fingerprint density at radius 1 is 1.64 bits per heavy atom. The summed E-state index contributed by atoms with van der Waals surface area (Å²) in [7, 11) is 0. The highest BCUT2D eigenvalue weighted by Gasteiger charge is 2.44. The average Bonchev–Trinajstić information content (AvgIpc) is 2.60. The molecule has 0 spiro atoms. The Bertz CT molecular complexity index is 238. The third-order valence-electron chi connectivity index (χ3n) is 3.40. The van der Waals surface area contributed by atoms with Gasteiger partial charge in [-0.3, -0.25) is 4.79 Å². The molecule has 4 heteroatoms. The number of carbonyl (C=O) groups is 1. The Labute approximate surface area is 84.3 Å². The second-order valence-corrected chi connectivity index (χ2v) is 4.64. The first-order valence-electron chi connectivity index (χ1n) is 5.30. The number of likely N-dealkylation sites (tertiary alicyclic amines) is 1. The SMILES string of the molecule is CC1(C(=O)N2CCC[C@H]2CO)CNC1. The van der Waals surface area contributed by atoms with Gasteiger partial charge >= 0.3 is 0 Å². The summed E-state index contributed by atoms with van der Waals surface area (Å²) in [5.41, 5.74) is -0.211. The molecule has 1 amide bonds. The van der Waals surface area contributed by atoms with Gasteiger partial charge in [0, 0.05) is 19.6 Å². The maximum Gasteiger partial charge on any atom is 0.231 e. The van der Waals surface area contributed by atoms with Crippen LogP contribution in [0.15, 0.2) is 0 Å². The van der Waals surface area contributed by atoms with Crippen LogP contribution in [0.2, 0.25) is 0 Å². The molecule has 2 heterocycles. The Kier molecular flexibility index (Phi) is 2.49. The molecule has 0 aromatic carbocycles. The lowest BCUT2D eigenvalue weighted by Gasteiger charge is -2.41. The molecule has 2 rings (SSSR count). The zero-order valence-corrected chi connectivity index (χ0v) is 8.62. The summed E-state index contributed by atoms with van der Waals surface area (Å²) in [4.78, 5) is 14.0. The molecule has 2 aliphatic heterocycles. The van der Waals surface area contributed by atoms with Crippen LogP contribution in [-0.4, -0.2) is 48.2 Å². The molecular weight excluding hydrogens is 180 g/mol. The molecule has 14 heavy (non-hydrogen) atoms. The summed E-state index contributed by atoms with van der Waals surface area (Å²) in [6.45, 7) is 4.48. The number of nitrogens with zero attached hydrogens (tertiary/aromatic N) is 1. The van der Waals surface area contributed by atoms with Gasteiger partial charge in [-0.25, -0.2) is 0 Å². The summed E-state index contributed by atoms with van der Waals surface area (Å²) in [5, 5.41) is 12.3. The normalized spacial score (nSPS) is 30.1. The quantitative estimate of drug-likeness (QED) is 0.633. The van der Waals surface area contributed by atoms with E-state index in [4.69, 9.17) is 5.11 Å². The van der Waals surface area contributed by atoms with Crippen molar-refractivity contribution in [1.29, 1.82) is 0 Å². The monoisotopic (exact) mass is 198 g/mol. The van der Waals surface area contributed by atoms with E-state index in [2.05, 4.69) is 5.32 Å². The van der Waals surface area contributed by atoms with Gasteiger partial charge in [0.25, 0.3) is 0 Å². The number of hydrogen-bond acceptors (Lipinski definition) is 3. The summed E-state index contributed by atoms with van der Waals surface area (Å²) >= 11 is 0. The molecule has 0 unspecified atom stereocenters. The number of carbonyl (C=O) groups excluding carboxylic acids is 1. The lowest BCUT2D eigenvalue weighted by atomic mass is 9.82. The van der Waals surface area contributed by atoms with Crippen LogP contribution >= 0.6 is 0 Å². The fourth-order valence-electron chi connectivity index (χ4n) is 2.29. The maximum atomic E-state index is 12.1. The number of aliphatic hydroxyl groups excluding tert-OH is 1. The van der Waals surface area contributed by atoms with Gasteiger partial charge < -0.3 is 15.3 Å². The Morgan fingerprint density at radius 3 is 2.86 bits per heavy atom. The minimum absolute atomic E-state index is 0.0694. The largest absolute Gasteiger partial charge is 0.394 e. The second kappa shape index (κ2) is 3.51. The predicted molar refractivity (Wildman–Crippen MR) is 52.8 cm³/mol. The molecule has 80 valence electrons. The Hall–Kier alpha value is -0.610. The fraction of sp³-hybridized carbons (Fsp3) is 0.900. The van der Waals surface area contributed by atoms with Crippen molar-refractivity contribution in [3.05, 3.63) is 0 Å². The van der Waals surface area contributed by atoms with Crippen LogP contribution in [0.25, 0.3) is 0 Å². The van der Waals surface area contributed by atoms with Crippen LogP contribution in [0.3, 0.4) is 0 Å². The van der Waals surface area contributed by atoms with Gasteiger partial charge in [-0.05, 0) is 19.8 Å². The van der Waals surface area contributed by atoms with Crippen molar-refractivity contribution in [2.45, 2.75) is 25.8 Å². The molecule has 2 aliphatic rings. The van der Waals surface area contributed by atoms with Gasteiger partial charge in [-0.1, -0.05) is 0 Å². The zero-order valence-electron chi connectivity index (χ0n) is 8.62. The van der Waals surface area contributed by atoms with Crippen molar-refractivity contribution in [3.63, 3.8) is 0 Å². The standard InChI is InChI=1S/C10H18N2O2/c1-10(6-11-7-10)9(14)12-4-2-3-8(12)5-13/h8,11,13H,2-7H2,1H3/t8-/m0/s1. The number of nitrogens with one attached hydrogen (secondary N) is 1. The topological polar surface area (TPSA) is 52.6 Å². The number of rotatable bonds is 2. The van der Waals surface area contributed by atoms with Crippen LogP contribution < -0.4 is 5.32 Å². The van der Waals surface area contributed by atoms with Gasteiger partial charge in [-0.2, -0.15) is 0 Å². The molecule has 0 bridgehead atoms. The van der Waals surface area contributed by atoms with Crippen LogP contribution in [0.4, 0.5) is 0 Å². The minimum atomic E-state index is -0.211. The molecule has 4 nitrogen and oxygen atoms in total. The fourth-order valence-corrected chi connectivity index (χ4v) is 2.29. The molecule has 2 saturated heterocycles. The van der Waals surface area contributed by atoms with E-state index in [1.807, 2.05) is 11.8 Å². The number of amides is 1. The van der Waals surface area contributed by atoms with Crippen molar-refractivity contribution in [1.82, 2.24) is 10.2 Å². The molecule has 1 atom stereocenters. The zero-order chi connectivity index (χ0) is 10.2. The lowest BCUT2D eigenvalue weighted by molar-refractivity contribution is -0.145. The summed E-state index contributed by atoms with van der Waals surface area (Å²) in [5.74, 6) is 0.216.